The van der Waals surface area contributed by atoms with Gasteiger partial charge in [0.1, 0.15) is 18.1 Å². The first-order valence-electron chi connectivity index (χ1n) is 8.55. The van der Waals surface area contributed by atoms with Crippen LogP contribution in [-0.2, 0) is 6.61 Å². The topological polar surface area (TPSA) is 59.9 Å². The fraction of sp³-hybridized carbons (Fsp3) is 0.143. The number of carbonyl (C=O) groups excluding carboxylic acids is 1. The summed E-state index contributed by atoms with van der Waals surface area (Å²) in [5, 5.41) is 7.86. The zero-order chi connectivity index (χ0) is 18.9. The molecule has 27 heavy (non-hydrogen) atoms. The van der Waals surface area contributed by atoms with E-state index in [1.807, 2.05) is 60.1 Å². The summed E-state index contributed by atoms with van der Waals surface area (Å²) in [7, 11) is 0. The molecule has 1 heterocycles. The maximum Gasteiger partial charge on any atom is 0.271 e. The molecule has 1 aromatic heterocycles. The van der Waals surface area contributed by atoms with Crippen molar-refractivity contribution in [3.63, 3.8) is 0 Å². The van der Waals surface area contributed by atoms with E-state index in [-0.39, 0.29) is 5.91 Å². The molecular weight excluding hydrogens is 360 g/mol. The van der Waals surface area contributed by atoms with Gasteiger partial charge in [0.15, 0.2) is 0 Å². The van der Waals surface area contributed by atoms with Crippen molar-refractivity contribution in [1.82, 2.24) is 5.43 Å². The molecular formula is C21H20N2O3S. The number of thiophene rings is 1. The number of hydrazone groups is 1. The molecule has 0 aliphatic heterocycles. The second-order valence-corrected chi connectivity index (χ2v) is 6.43. The molecule has 1 N–H and O–H groups in total. The Labute approximate surface area is 162 Å². The average Bonchev–Trinajstić information content (AvgIpc) is 3.21. The summed E-state index contributed by atoms with van der Waals surface area (Å²) in [5.41, 5.74) is 5.00. The van der Waals surface area contributed by atoms with Crippen molar-refractivity contribution in [2.24, 2.45) is 5.10 Å². The lowest BCUT2D eigenvalue weighted by Gasteiger charge is -2.08. The van der Waals surface area contributed by atoms with Crippen molar-refractivity contribution in [3.05, 3.63) is 82.0 Å². The van der Waals surface area contributed by atoms with E-state index in [1.54, 1.807) is 29.7 Å². The number of amides is 1. The van der Waals surface area contributed by atoms with Crippen LogP contribution in [0.5, 0.6) is 11.5 Å². The SMILES string of the molecule is CCOc1ccc(OCc2ccc(C(=O)N/N=C\c3ccsc3)cc2)cc1. The Morgan fingerprint density at radius 3 is 2.37 bits per heavy atom. The maximum absolute atomic E-state index is 12.1. The van der Waals surface area contributed by atoms with Gasteiger partial charge in [-0.1, -0.05) is 12.1 Å². The van der Waals surface area contributed by atoms with E-state index in [1.165, 1.54) is 0 Å². The minimum atomic E-state index is -0.250. The molecule has 3 aromatic rings. The van der Waals surface area contributed by atoms with Crippen LogP contribution in [-0.4, -0.2) is 18.7 Å². The zero-order valence-electron chi connectivity index (χ0n) is 14.9. The second-order valence-electron chi connectivity index (χ2n) is 5.65. The predicted octanol–water partition coefficient (Wildman–Crippen LogP) is 4.49. The number of nitrogens with one attached hydrogen (secondary N) is 1. The molecule has 0 aliphatic carbocycles. The quantitative estimate of drug-likeness (QED) is 0.463. The van der Waals surface area contributed by atoms with E-state index >= 15 is 0 Å². The Hall–Kier alpha value is -3.12. The van der Waals surface area contributed by atoms with Crippen LogP contribution in [0.15, 0.2) is 70.5 Å². The van der Waals surface area contributed by atoms with Gasteiger partial charge < -0.3 is 9.47 Å². The summed E-state index contributed by atoms with van der Waals surface area (Å²) in [5.74, 6) is 1.34. The first-order chi connectivity index (χ1) is 13.2. The van der Waals surface area contributed by atoms with E-state index in [9.17, 15) is 4.79 Å². The van der Waals surface area contributed by atoms with E-state index in [0.29, 0.717) is 18.8 Å². The van der Waals surface area contributed by atoms with Crippen molar-refractivity contribution < 1.29 is 14.3 Å². The standard InChI is InChI=1S/C21H20N2O3S/c1-2-25-19-7-9-20(10-8-19)26-14-16-3-5-18(6-4-16)21(24)23-22-13-17-11-12-27-15-17/h3-13,15H,2,14H2,1H3,(H,23,24)/b22-13-. The number of benzene rings is 2. The van der Waals surface area contributed by atoms with E-state index in [2.05, 4.69) is 10.5 Å². The molecule has 0 saturated carbocycles. The molecule has 2 aromatic carbocycles. The third-order valence-corrected chi connectivity index (χ3v) is 4.38. The molecule has 0 aliphatic rings. The summed E-state index contributed by atoms with van der Waals surface area (Å²) >= 11 is 1.58. The molecule has 0 saturated heterocycles. The number of carbonyl (C=O) groups is 1. The molecule has 0 atom stereocenters. The first kappa shape index (κ1) is 18.7. The molecule has 3 rings (SSSR count). The minimum absolute atomic E-state index is 0.250. The fourth-order valence-corrected chi connectivity index (χ4v) is 2.91. The smallest absolute Gasteiger partial charge is 0.271 e. The van der Waals surface area contributed by atoms with Gasteiger partial charge in [0.2, 0.25) is 0 Å². The van der Waals surface area contributed by atoms with Crippen LogP contribution in [0.25, 0.3) is 0 Å². The van der Waals surface area contributed by atoms with Gasteiger partial charge in [-0.05, 0) is 65.7 Å². The van der Waals surface area contributed by atoms with Crippen LogP contribution in [0.4, 0.5) is 0 Å². The zero-order valence-corrected chi connectivity index (χ0v) is 15.7. The molecule has 1 amide bonds. The lowest BCUT2D eigenvalue weighted by atomic mass is 10.1. The lowest BCUT2D eigenvalue weighted by Crippen LogP contribution is -2.17. The van der Waals surface area contributed by atoms with Gasteiger partial charge in [-0.2, -0.15) is 16.4 Å². The lowest BCUT2D eigenvalue weighted by molar-refractivity contribution is 0.0955. The maximum atomic E-state index is 12.1. The summed E-state index contributed by atoms with van der Waals surface area (Å²) < 4.78 is 11.2. The monoisotopic (exact) mass is 380 g/mol. The Morgan fingerprint density at radius 1 is 1.04 bits per heavy atom. The van der Waals surface area contributed by atoms with E-state index in [4.69, 9.17) is 9.47 Å². The van der Waals surface area contributed by atoms with Gasteiger partial charge in [0.05, 0.1) is 12.8 Å². The third kappa shape index (κ3) is 5.69. The van der Waals surface area contributed by atoms with Gasteiger partial charge in [-0.25, -0.2) is 5.43 Å². The van der Waals surface area contributed by atoms with Crippen molar-refractivity contribution in [2.75, 3.05) is 6.61 Å². The van der Waals surface area contributed by atoms with Crippen LogP contribution in [0, 0.1) is 0 Å². The highest BCUT2D eigenvalue weighted by Crippen LogP contribution is 2.18. The first-order valence-corrected chi connectivity index (χ1v) is 9.49. The highest BCUT2D eigenvalue weighted by atomic mass is 32.1. The van der Waals surface area contributed by atoms with Crippen LogP contribution in [0.1, 0.15) is 28.4 Å². The van der Waals surface area contributed by atoms with Crippen molar-refractivity contribution in [2.45, 2.75) is 13.5 Å². The fourth-order valence-electron chi connectivity index (χ4n) is 2.30. The normalized spacial score (nSPS) is 10.7. The Balaban J connectivity index is 1.49. The van der Waals surface area contributed by atoms with Crippen LogP contribution in [0.2, 0.25) is 0 Å². The van der Waals surface area contributed by atoms with Crippen LogP contribution >= 0.6 is 11.3 Å². The molecule has 0 unspecified atom stereocenters. The number of rotatable bonds is 8. The van der Waals surface area contributed by atoms with E-state index in [0.717, 1.165) is 22.6 Å². The third-order valence-electron chi connectivity index (χ3n) is 3.68. The van der Waals surface area contributed by atoms with Gasteiger partial charge >= 0.3 is 0 Å². The average molecular weight is 380 g/mol. The number of hydrogen-bond acceptors (Lipinski definition) is 5. The van der Waals surface area contributed by atoms with Crippen LogP contribution < -0.4 is 14.9 Å². The number of hydrogen-bond donors (Lipinski definition) is 1. The van der Waals surface area contributed by atoms with E-state index < -0.39 is 0 Å². The predicted molar refractivity (Wildman–Crippen MR) is 108 cm³/mol. The summed E-state index contributed by atoms with van der Waals surface area (Å²) in [6, 6.07) is 16.7. The highest BCUT2D eigenvalue weighted by Gasteiger charge is 2.04. The molecule has 0 spiro atoms. The molecule has 6 heteroatoms. The van der Waals surface area contributed by atoms with Crippen molar-refractivity contribution >= 4 is 23.5 Å². The number of ether oxygens (including phenoxy) is 2. The van der Waals surface area contributed by atoms with Gasteiger partial charge in [0, 0.05) is 11.1 Å². The highest BCUT2D eigenvalue weighted by molar-refractivity contribution is 7.08. The molecule has 5 nitrogen and oxygen atoms in total. The Morgan fingerprint density at radius 2 is 1.74 bits per heavy atom. The molecule has 0 radical (unpaired) electrons. The van der Waals surface area contributed by atoms with Crippen molar-refractivity contribution in [1.29, 1.82) is 0 Å². The Bertz CT molecular complexity index is 873. The summed E-state index contributed by atoms with van der Waals surface area (Å²) in [4.78, 5) is 12.1. The molecule has 138 valence electrons. The Kier molecular flexibility index (Phi) is 6.60. The summed E-state index contributed by atoms with van der Waals surface area (Å²) in [6.45, 7) is 3.01. The van der Waals surface area contributed by atoms with Gasteiger partial charge in [-0.15, -0.1) is 0 Å². The van der Waals surface area contributed by atoms with Crippen molar-refractivity contribution in [3.8, 4) is 11.5 Å². The van der Waals surface area contributed by atoms with Gasteiger partial charge in [-0.3, -0.25) is 4.79 Å². The minimum Gasteiger partial charge on any atom is -0.494 e. The molecule has 0 fully saturated rings. The second kappa shape index (κ2) is 9.54. The van der Waals surface area contributed by atoms with Crippen LogP contribution in [0.3, 0.4) is 0 Å². The summed E-state index contributed by atoms with van der Waals surface area (Å²) in [6.07, 6.45) is 1.62. The largest absolute Gasteiger partial charge is 0.494 e. The number of nitrogens with zero attached hydrogens (tertiary/aromatic N) is 1. The molecule has 0 bridgehead atoms. The van der Waals surface area contributed by atoms with Gasteiger partial charge in [0.25, 0.3) is 5.91 Å².